The van der Waals surface area contributed by atoms with Gasteiger partial charge in [-0.15, -0.1) is 11.3 Å². The van der Waals surface area contributed by atoms with E-state index in [2.05, 4.69) is 15.8 Å². The lowest BCUT2D eigenvalue weighted by molar-refractivity contribution is -0.136. The number of nitrogens with zero attached hydrogens (tertiary/aromatic N) is 1. The molecular weight excluding hydrogens is 437 g/mol. The van der Waals surface area contributed by atoms with E-state index in [4.69, 9.17) is 27.9 Å². The summed E-state index contributed by atoms with van der Waals surface area (Å²) in [7, 11) is 0. The number of esters is 1. The Labute approximate surface area is 181 Å². The van der Waals surface area contributed by atoms with Gasteiger partial charge in [0.1, 0.15) is 5.00 Å². The quantitative estimate of drug-likeness (QED) is 0.311. The third-order valence-corrected chi connectivity index (χ3v) is 5.94. The van der Waals surface area contributed by atoms with E-state index in [1.54, 1.807) is 19.1 Å². The molecule has 0 unspecified atom stereocenters. The van der Waals surface area contributed by atoms with E-state index in [1.165, 1.54) is 23.6 Å². The number of anilines is 1. The maximum atomic E-state index is 12.3. The summed E-state index contributed by atoms with van der Waals surface area (Å²) in [6.45, 7) is 1.93. The molecule has 1 aromatic carbocycles. The first-order valence-corrected chi connectivity index (χ1v) is 10.4. The number of hydrogen-bond acceptors (Lipinski definition) is 6. The second kappa shape index (κ2) is 9.39. The molecule has 0 aliphatic heterocycles. The summed E-state index contributed by atoms with van der Waals surface area (Å²) in [5.41, 5.74) is 3.88. The molecule has 2 amide bonds. The maximum Gasteiger partial charge on any atom is 0.341 e. The van der Waals surface area contributed by atoms with E-state index in [-0.39, 0.29) is 6.61 Å². The number of carbonyl (C=O) groups excluding carboxylic acids is 3. The summed E-state index contributed by atoms with van der Waals surface area (Å²) >= 11 is 13.1. The monoisotopic (exact) mass is 453 g/mol. The number of halogens is 2. The third kappa shape index (κ3) is 4.95. The van der Waals surface area contributed by atoms with Crippen molar-refractivity contribution in [1.82, 2.24) is 5.43 Å². The maximum absolute atomic E-state index is 12.3. The van der Waals surface area contributed by atoms with Crippen LogP contribution in [0.3, 0.4) is 0 Å². The van der Waals surface area contributed by atoms with Crippen LogP contribution in [0.5, 0.6) is 0 Å². The molecule has 2 aromatic rings. The fraction of sp³-hybridized carbons (Fsp3) is 0.263. The van der Waals surface area contributed by atoms with Gasteiger partial charge < -0.3 is 10.1 Å². The molecular formula is C19H17Cl2N3O4S. The van der Waals surface area contributed by atoms with Crippen molar-refractivity contribution in [3.05, 3.63) is 49.8 Å². The van der Waals surface area contributed by atoms with Crippen LogP contribution in [-0.2, 0) is 27.2 Å². The van der Waals surface area contributed by atoms with Crippen LogP contribution in [0, 0.1) is 0 Å². The summed E-state index contributed by atoms with van der Waals surface area (Å²) in [6.07, 6.45) is 3.83. The predicted octanol–water partition coefficient (Wildman–Crippen LogP) is 3.81. The van der Waals surface area contributed by atoms with Crippen LogP contribution in [0.1, 0.15) is 39.7 Å². The van der Waals surface area contributed by atoms with Gasteiger partial charge in [0.2, 0.25) is 0 Å². The molecule has 1 heterocycles. The highest BCUT2D eigenvalue weighted by Gasteiger charge is 2.29. The van der Waals surface area contributed by atoms with Crippen molar-refractivity contribution in [2.24, 2.45) is 5.10 Å². The Hall–Kier alpha value is -2.42. The first-order valence-electron chi connectivity index (χ1n) is 8.81. The Morgan fingerprint density at radius 1 is 1.24 bits per heavy atom. The lowest BCUT2D eigenvalue weighted by atomic mass is 10.1. The summed E-state index contributed by atoms with van der Waals surface area (Å²) in [6, 6.07) is 4.78. The number of nitrogens with one attached hydrogen (secondary N) is 2. The number of hydrazone groups is 1. The van der Waals surface area contributed by atoms with Crippen molar-refractivity contribution in [3.63, 3.8) is 0 Å². The number of rotatable bonds is 5. The molecule has 29 heavy (non-hydrogen) atoms. The third-order valence-electron chi connectivity index (χ3n) is 4.17. The van der Waals surface area contributed by atoms with E-state index in [9.17, 15) is 14.4 Å². The molecule has 10 heteroatoms. The lowest BCUT2D eigenvalue weighted by Gasteiger charge is -2.07. The minimum atomic E-state index is -0.977. The summed E-state index contributed by atoms with van der Waals surface area (Å²) in [5.74, 6) is -2.41. The van der Waals surface area contributed by atoms with Crippen molar-refractivity contribution in [2.75, 3.05) is 11.9 Å². The normalized spacial score (nSPS) is 12.7. The van der Waals surface area contributed by atoms with Crippen molar-refractivity contribution < 1.29 is 19.1 Å². The van der Waals surface area contributed by atoms with E-state index in [0.717, 1.165) is 29.7 Å². The van der Waals surface area contributed by atoms with Crippen LogP contribution in [-0.4, -0.2) is 30.6 Å². The van der Waals surface area contributed by atoms with Gasteiger partial charge in [-0.2, -0.15) is 5.10 Å². The fourth-order valence-corrected chi connectivity index (χ4v) is 4.62. The Kier molecular flexibility index (Phi) is 6.89. The highest BCUT2D eigenvalue weighted by molar-refractivity contribution is 7.17. The zero-order valence-corrected chi connectivity index (χ0v) is 17.7. The van der Waals surface area contributed by atoms with Gasteiger partial charge in [-0.3, -0.25) is 9.59 Å². The van der Waals surface area contributed by atoms with Gasteiger partial charge in [-0.1, -0.05) is 29.3 Å². The molecule has 0 saturated heterocycles. The van der Waals surface area contributed by atoms with Crippen LogP contribution in [0.15, 0.2) is 23.3 Å². The van der Waals surface area contributed by atoms with E-state index < -0.39 is 17.8 Å². The number of carbonyl (C=O) groups is 3. The number of fused-ring (bicyclic) bond motifs is 1. The first-order chi connectivity index (χ1) is 13.9. The number of ether oxygens (including phenoxy) is 1. The zero-order valence-electron chi connectivity index (χ0n) is 15.4. The molecule has 0 fully saturated rings. The van der Waals surface area contributed by atoms with Crippen molar-refractivity contribution in [3.8, 4) is 0 Å². The van der Waals surface area contributed by atoms with Crippen LogP contribution >= 0.6 is 34.5 Å². The van der Waals surface area contributed by atoms with Crippen molar-refractivity contribution in [1.29, 1.82) is 0 Å². The molecule has 2 N–H and O–H groups in total. The van der Waals surface area contributed by atoms with Crippen LogP contribution in [0.2, 0.25) is 10.0 Å². The Morgan fingerprint density at radius 3 is 2.76 bits per heavy atom. The first kappa shape index (κ1) is 21.3. The largest absolute Gasteiger partial charge is 0.462 e. The standard InChI is InChI=1S/C19H17Cl2N3O4S/c1-2-28-19(27)15-12-4-3-5-14(12)29-18(15)23-16(25)17(26)24-22-9-10-6-7-11(20)8-13(10)21/h6-9H,2-5H2,1H3,(H,23,25)(H,24,26). The molecule has 0 spiro atoms. The number of benzene rings is 1. The van der Waals surface area contributed by atoms with Gasteiger partial charge in [0, 0.05) is 15.5 Å². The second-order valence-corrected chi connectivity index (χ2v) is 8.05. The van der Waals surface area contributed by atoms with Gasteiger partial charge in [0.25, 0.3) is 0 Å². The molecule has 7 nitrogen and oxygen atoms in total. The molecule has 0 bridgehead atoms. The summed E-state index contributed by atoms with van der Waals surface area (Å²) in [4.78, 5) is 37.6. The van der Waals surface area contributed by atoms with Crippen LogP contribution in [0.4, 0.5) is 5.00 Å². The number of thiophene rings is 1. The average Bonchev–Trinajstić information content (AvgIpc) is 3.24. The second-order valence-electron chi connectivity index (χ2n) is 6.10. The minimum Gasteiger partial charge on any atom is -0.462 e. The number of aryl methyl sites for hydroxylation is 1. The van der Waals surface area contributed by atoms with Gasteiger partial charge in [0.05, 0.1) is 23.4 Å². The van der Waals surface area contributed by atoms with Gasteiger partial charge in [0.15, 0.2) is 0 Å². The van der Waals surface area contributed by atoms with Crippen LogP contribution < -0.4 is 10.7 Å². The SMILES string of the molecule is CCOC(=O)c1c(NC(=O)C(=O)NN=Cc2ccc(Cl)cc2Cl)sc2c1CCC2. The lowest BCUT2D eigenvalue weighted by Crippen LogP contribution is -2.32. The van der Waals surface area contributed by atoms with E-state index in [0.29, 0.717) is 26.2 Å². The summed E-state index contributed by atoms with van der Waals surface area (Å²) in [5, 5.41) is 7.37. The van der Waals surface area contributed by atoms with Gasteiger partial charge >= 0.3 is 17.8 Å². The highest BCUT2D eigenvalue weighted by atomic mass is 35.5. The number of hydrogen-bond donors (Lipinski definition) is 2. The molecule has 0 saturated carbocycles. The zero-order chi connectivity index (χ0) is 21.0. The minimum absolute atomic E-state index is 0.222. The van der Waals surface area contributed by atoms with Crippen molar-refractivity contribution in [2.45, 2.75) is 26.2 Å². The molecule has 0 atom stereocenters. The Bertz CT molecular complexity index is 1000. The molecule has 1 aliphatic carbocycles. The number of amides is 2. The topological polar surface area (TPSA) is 96.9 Å². The summed E-state index contributed by atoms with van der Waals surface area (Å²) < 4.78 is 5.10. The van der Waals surface area contributed by atoms with Gasteiger partial charge in [-0.05, 0) is 43.9 Å². The van der Waals surface area contributed by atoms with Crippen LogP contribution in [0.25, 0.3) is 0 Å². The molecule has 3 rings (SSSR count). The molecule has 1 aromatic heterocycles. The average molecular weight is 454 g/mol. The molecule has 152 valence electrons. The van der Waals surface area contributed by atoms with Gasteiger partial charge in [-0.25, -0.2) is 10.2 Å². The highest BCUT2D eigenvalue weighted by Crippen LogP contribution is 2.39. The Balaban J connectivity index is 1.68. The fourth-order valence-electron chi connectivity index (χ4n) is 2.89. The van der Waals surface area contributed by atoms with E-state index >= 15 is 0 Å². The smallest absolute Gasteiger partial charge is 0.341 e. The molecule has 1 aliphatic rings. The van der Waals surface area contributed by atoms with Crippen molar-refractivity contribution >= 4 is 63.5 Å². The van der Waals surface area contributed by atoms with E-state index in [1.807, 2.05) is 0 Å². The Morgan fingerprint density at radius 2 is 2.03 bits per heavy atom. The molecule has 0 radical (unpaired) electrons. The predicted molar refractivity (Wildman–Crippen MR) is 113 cm³/mol.